The molecule has 0 unspecified atom stereocenters. The van der Waals surface area contributed by atoms with Crippen LogP contribution in [0.15, 0.2) is 30.3 Å². The van der Waals surface area contributed by atoms with Crippen molar-refractivity contribution in [2.24, 2.45) is 0 Å². The average Bonchev–Trinajstić information content (AvgIpc) is 2.25. The Hall–Kier alpha value is -0.900. The summed E-state index contributed by atoms with van der Waals surface area (Å²) < 4.78 is 0. The Morgan fingerprint density at radius 3 is 2.69 bits per heavy atom. The molecule has 0 aromatic heterocycles. The average molecular weight is 221 g/mol. The van der Waals surface area contributed by atoms with Crippen LogP contribution in [0.25, 0.3) is 0 Å². The number of piperidine rings is 1. The number of rotatable bonds is 2. The summed E-state index contributed by atoms with van der Waals surface area (Å²) in [7, 11) is 0. The molecule has 16 heavy (non-hydrogen) atoms. The Balaban J connectivity index is 1.97. The first-order valence-electron chi connectivity index (χ1n) is 5.75. The normalized spacial score (nSPS) is 31.6. The smallest absolute Gasteiger partial charge is 0.100 e. The van der Waals surface area contributed by atoms with Gasteiger partial charge in [-0.25, -0.2) is 0 Å². The summed E-state index contributed by atoms with van der Waals surface area (Å²) in [6, 6.07) is 10.2. The van der Waals surface area contributed by atoms with E-state index in [0.717, 1.165) is 13.1 Å². The molecule has 0 spiro atoms. The molecule has 88 valence electrons. The molecule has 0 bridgehead atoms. The molecular formula is C13H19NO2. The predicted molar refractivity (Wildman–Crippen MR) is 63.0 cm³/mol. The maximum atomic E-state index is 10.00. The van der Waals surface area contributed by atoms with Crippen LogP contribution in [-0.4, -0.2) is 39.9 Å². The van der Waals surface area contributed by atoms with Gasteiger partial charge in [-0.1, -0.05) is 30.3 Å². The van der Waals surface area contributed by atoms with Gasteiger partial charge >= 0.3 is 0 Å². The molecule has 1 fully saturated rings. The van der Waals surface area contributed by atoms with Crippen molar-refractivity contribution in [3.05, 3.63) is 35.9 Å². The van der Waals surface area contributed by atoms with E-state index in [1.54, 1.807) is 6.92 Å². The Bertz CT molecular complexity index is 337. The molecule has 1 aliphatic rings. The molecule has 3 nitrogen and oxygen atoms in total. The van der Waals surface area contributed by atoms with Crippen molar-refractivity contribution in [1.29, 1.82) is 0 Å². The molecule has 1 aliphatic heterocycles. The standard InChI is InChI=1S/C13H19NO2/c1-13(16)10-14(8-7-12(13)15)9-11-5-3-2-4-6-11/h2-6,12,15-16H,7-10H2,1H3/t12-,13-/m1/s1. The van der Waals surface area contributed by atoms with Gasteiger partial charge in [0.2, 0.25) is 0 Å². The van der Waals surface area contributed by atoms with E-state index in [1.807, 2.05) is 18.2 Å². The Kier molecular flexibility index (Phi) is 3.28. The van der Waals surface area contributed by atoms with Gasteiger partial charge in [0.1, 0.15) is 5.60 Å². The second-order valence-electron chi connectivity index (χ2n) is 4.86. The fourth-order valence-electron chi connectivity index (χ4n) is 2.23. The van der Waals surface area contributed by atoms with E-state index in [-0.39, 0.29) is 0 Å². The van der Waals surface area contributed by atoms with Crippen molar-refractivity contribution >= 4 is 0 Å². The summed E-state index contributed by atoms with van der Waals surface area (Å²) in [5, 5.41) is 19.6. The van der Waals surface area contributed by atoms with Crippen LogP contribution in [0.1, 0.15) is 18.9 Å². The molecular weight excluding hydrogens is 202 g/mol. The van der Waals surface area contributed by atoms with Crippen LogP contribution in [0.4, 0.5) is 0 Å². The van der Waals surface area contributed by atoms with Gasteiger partial charge in [-0.3, -0.25) is 4.90 Å². The van der Waals surface area contributed by atoms with Crippen LogP contribution in [0.3, 0.4) is 0 Å². The first-order valence-corrected chi connectivity index (χ1v) is 5.75. The van der Waals surface area contributed by atoms with E-state index in [1.165, 1.54) is 5.56 Å². The zero-order valence-electron chi connectivity index (χ0n) is 9.63. The zero-order chi connectivity index (χ0) is 11.6. The van der Waals surface area contributed by atoms with Crippen molar-refractivity contribution in [3.8, 4) is 0 Å². The number of likely N-dealkylation sites (tertiary alicyclic amines) is 1. The molecule has 0 amide bonds. The van der Waals surface area contributed by atoms with Crippen molar-refractivity contribution in [2.75, 3.05) is 13.1 Å². The molecule has 2 rings (SSSR count). The van der Waals surface area contributed by atoms with Crippen LogP contribution in [0.2, 0.25) is 0 Å². The van der Waals surface area contributed by atoms with Crippen molar-refractivity contribution in [2.45, 2.75) is 31.6 Å². The number of β-amino-alcohol motifs (C(OH)–C–C–N with tert-alkyl or cyclic N) is 1. The maximum Gasteiger partial charge on any atom is 0.100 e. The molecule has 1 aromatic carbocycles. The van der Waals surface area contributed by atoms with E-state index in [0.29, 0.717) is 13.0 Å². The summed E-state index contributed by atoms with van der Waals surface area (Å²) in [5.74, 6) is 0. The third kappa shape index (κ3) is 2.61. The van der Waals surface area contributed by atoms with Crippen LogP contribution >= 0.6 is 0 Å². The molecule has 0 aliphatic carbocycles. The number of nitrogens with zero attached hydrogens (tertiary/aromatic N) is 1. The molecule has 0 saturated carbocycles. The lowest BCUT2D eigenvalue weighted by atomic mass is 9.91. The minimum atomic E-state index is -0.979. The highest BCUT2D eigenvalue weighted by molar-refractivity contribution is 5.14. The quantitative estimate of drug-likeness (QED) is 0.783. The summed E-state index contributed by atoms with van der Waals surface area (Å²) in [5.41, 5.74) is 0.266. The Morgan fingerprint density at radius 2 is 2.06 bits per heavy atom. The third-order valence-electron chi connectivity index (χ3n) is 3.23. The van der Waals surface area contributed by atoms with Gasteiger partial charge in [-0.05, 0) is 18.9 Å². The second kappa shape index (κ2) is 4.53. The monoisotopic (exact) mass is 221 g/mol. The van der Waals surface area contributed by atoms with Gasteiger partial charge in [-0.15, -0.1) is 0 Å². The number of benzene rings is 1. The van der Waals surface area contributed by atoms with Crippen LogP contribution in [0.5, 0.6) is 0 Å². The molecule has 2 N–H and O–H groups in total. The van der Waals surface area contributed by atoms with Gasteiger partial charge < -0.3 is 10.2 Å². The fraction of sp³-hybridized carbons (Fsp3) is 0.538. The molecule has 1 aromatic rings. The Labute approximate surface area is 96.3 Å². The highest BCUT2D eigenvalue weighted by atomic mass is 16.3. The molecule has 3 heteroatoms. The van der Waals surface area contributed by atoms with Gasteiger partial charge in [0.25, 0.3) is 0 Å². The van der Waals surface area contributed by atoms with Gasteiger partial charge in [-0.2, -0.15) is 0 Å². The van der Waals surface area contributed by atoms with E-state index >= 15 is 0 Å². The topological polar surface area (TPSA) is 43.7 Å². The van der Waals surface area contributed by atoms with Gasteiger partial charge in [0.05, 0.1) is 6.10 Å². The fourth-order valence-corrected chi connectivity index (χ4v) is 2.23. The van der Waals surface area contributed by atoms with Crippen LogP contribution < -0.4 is 0 Å². The first-order chi connectivity index (χ1) is 7.58. The second-order valence-corrected chi connectivity index (χ2v) is 4.86. The number of hydrogen-bond donors (Lipinski definition) is 2. The third-order valence-corrected chi connectivity index (χ3v) is 3.23. The molecule has 1 saturated heterocycles. The molecule has 0 radical (unpaired) electrons. The lowest BCUT2D eigenvalue weighted by Gasteiger charge is -2.40. The van der Waals surface area contributed by atoms with E-state index in [9.17, 15) is 10.2 Å². The summed E-state index contributed by atoms with van der Waals surface area (Å²) in [4.78, 5) is 2.18. The Morgan fingerprint density at radius 1 is 1.38 bits per heavy atom. The van der Waals surface area contributed by atoms with E-state index in [2.05, 4.69) is 17.0 Å². The predicted octanol–water partition coefficient (Wildman–Crippen LogP) is 1.00. The SMILES string of the molecule is C[C@@]1(O)CN(Cc2ccccc2)CC[C@H]1O. The van der Waals surface area contributed by atoms with Crippen molar-refractivity contribution < 1.29 is 10.2 Å². The lowest BCUT2D eigenvalue weighted by Crippen LogP contribution is -2.54. The largest absolute Gasteiger partial charge is 0.390 e. The van der Waals surface area contributed by atoms with Gasteiger partial charge in [0.15, 0.2) is 0 Å². The summed E-state index contributed by atoms with van der Waals surface area (Å²) in [6.45, 7) is 3.91. The minimum Gasteiger partial charge on any atom is -0.390 e. The molecule has 1 heterocycles. The van der Waals surface area contributed by atoms with E-state index in [4.69, 9.17) is 0 Å². The van der Waals surface area contributed by atoms with Crippen LogP contribution in [-0.2, 0) is 6.54 Å². The zero-order valence-corrected chi connectivity index (χ0v) is 9.63. The lowest BCUT2D eigenvalue weighted by molar-refractivity contribution is -0.110. The van der Waals surface area contributed by atoms with Crippen LogP contribution in [0, 0.1) is 0 Å². The maximum absolute atomic E-state index is 10.00. The number of aliphatic hydroxyl groups is 2. The van der Waals surface area contributed by atoms with Crippen molar-refractivity contribution in [1.82, 2.24) is 4.90 Å². The first kappa shape index (κ1) is 11.6. The number of hydrogen-bond acceptors (Lipinski definition) is 3. The summed E-state index contributed by atoms with van der Waals surface area (Å²) >= 11 is 0. The number of aliphatic hydroxyl groups excluding tert-OH is 1. The van der Waals surface area contributed by atoms with Crippen molar-refractivity contribution in [3.63, 3.8) is 0 Å². The van der Waals surface area contributed by atoms with Gasteiger partial charge in [0, 0.05) is 19.6 Å². The molecule has 2 atom stereocenters. The minimum absolute atomic E-state index is 0.531. The highest BCUT2D eigenvalue weighted by Crippen LogP contribution is 2.22. The summed E-state index contributed by atoms with van der Waals surface area (Å²) in [6.07, 6.45) is 0.0411. The van der Waals surface area contributed by atoms with E-state index < -0.39 is 11.7 Å². The highest BCUT2D eigenvalue weighted by Gasteiger charge is 2.36.